The largest absolute Gasteiger partial charge is 0.396 e. The molecule has 0 aromatic rings. The van der Waals surface area contributed by atoms with E-state index in [1.165, 1.54) is 12.8 Å². The smallest absolute Gasteiger partial charge is 0.0700 e. The molecule has 0 aliphatic carbocycles. The molecular weight excluding hydrogens is 190 g/mol. The molecule has 0 bridgehead atoms. The second kappa shape index (κ2) is 6.46. The van der Waals surface area contributed by atoms with Crippen molar-refractivity contribution in [2.75, 3.05) is 26.3 Å². The molecule has 90 valence electrons. The van der Waals surface area contributed by atoms with Crippen molar-refractivity contribution in [1.82, 2.24) is 5.32 Å². The van der Waals surface area contributed by atoms with Gasteiger partial charge in [-0.15, -0.1) is 0 Å². The van der Waals surface area contributed by atoms with E-state index in [0.29, 0.717) is 6.10 Å². The molecule has 1 saturated heterocycles. The summed E-state index contributed by atoms with van der Waals surface area (Å²) in [4.78, 5) is 0. The van der Waals surface area contributed by atoms with Crippen LogP contribution in [0.3, 0.4) is 0 Å². The van der Waals surface area contributed by atoms with Crippen molar-refractivity contribution >= 4 is 0 Å². The topological polar surface area (TPSA) is 41.5 Å². The molecule has 1 fully saturated rings. The van der Waals surface area contributed by atoms with E-state index >= 15 is 0 Å². The summed E-state index contributed by atoms with van der Waals surface area (Å²) in [5, 5.41) is 12.8. The average Bonchev–Trinajstić information content (AvgIpc) is 2.78. The number of ether oxygens (including phenoxy) is 1. The third-order valence-electron chi connectivity index (χ3n) is 3.73. The third-order valence-corrected chi connectivity index (χ3v) is 3.73. The van der Waals surface area contributed by atoms with Crippen molar-refractivity contribution < 1.29 is 9.84 Å². The summed E-state index contributed by atoms with van der Waals surface area (Å²) in [6.07, 6.45) is 4.82. The van der Waals surface area contributed by atoms with Crippen molar-refractivity contribution in [1.29, 1.82) is 0 Å². The third kappa shape index (κ3) is 3.74. The molecule has 1 unspecified atom stereocenters. The maximum absolute atomic E-state index is 9.40. The zero-order valence-electron chi connectivity index (χ0n) is 10.1. The van der Waals surface area contributed by atoms with Gasteiger partial charge in [-0.1, -0.05) is 13.8 Å². The van der Waals surface area contributed by atoms with Gasteiger partial charge in [0.25, 0.3) is 0 Å². The standard InChI is InChI=1S/C12H25NO2/c1-3-12(4-2,10-14)9-13-8-11-6-5-7-15-11/h11,13-14H,3-10H2,1-2H3. The number of nitrogens with one attached hydrogen (secondary N) is 1. The van der Waals surface area contributed by atoms with Crippen LogP contribution in [0.1, 0.15) is 39.5 Å². The predicted octanol–water partition coefficient (Wildman–Crippen LogP) is 1.55. The molecule has 15 heavy (non-hydrogen) atoms. The fourth-order valence-corrected chi connectivity index (χ4v) is 2.08. The molecular formula is C12H25NO2. The van der Waals surface area contributed by atoms with Crippen LogP contribution < -0.4 is 5.32 Å². The maximum Gasteiger partial charge on any atom is 0.0700 e. The van der Waals surface area contributed by atoms with Gasteiger partial charge < -0.3 is 15.2 Å². The van der Waals surface area contributed by atoms with Crippen LogP contribution in [-0.4, -0.2) is 37.5 Å². The highest BCUT2D eigenvalue weighted by Crippen LogP contribution is 2.24. The molecule has 3 nitrogen and oxygen atoms in total. The Labute approximate surface area is 93.2 Å². The van der Waals surface area contributed by atoms with Gasteiger partial charge in [0.1, 0.15) is 0 Å². The van der Waals surface area contributed by atoms with Crippen LogP contribution in [-0.2, 0) is 4.74 Å². The second-order valence-corrected chi connectivity index (χ2v) is 4.63. The lowest BCUT2D eigenvalue weighted by Crippen LogP contribution is -2.39. The van der Waals surface area contributed by atoms with Crippen LogP contribution in [0.15, 0.2) is 0 Å². The summed E-state index contributed by atoms with van der Waals surface area (Å²) in [6, 6.07) is 0. The lowest BCUT2D eigenvalue weighted by Gasteiger charge is -2.30. The normalized spacial score (nSPS) is 22.2. The van der Waals surface area contributed by atoms with Crippen LogP contribution in [0.5, 0.6) is 0 Å². The van der Waals surface area contributed by atoms with Gasteiger partial charge in [-0.25, -0.2) is 0 Å². The van der Waals surface area contributed by atoms with E-state index in [9.17, 15) is 5.11 Å². The van der Waals surface area contributed by atoms with Gasteiger partial charge in [-0.3, -0.25) is 0 Å². The van der Waals surface area contributed by atoms with E-state index in [2.05, 4.69) is 19.2 Å². The summed E-state index contributed by atoms with van der Waals surface area (Å²) >= 11 is 0. The summed E-state index contributed by atoms with van der Waals surface area (Å²) in [6.45, 7) is 7.32. The van der Waals surface area contributed by atoms with Crippen molar-refractivity contribution in [2.45, 2.75) is 45.6 Å². The molecule has 1 aliphatic heterocycles. The van der Waals surface area contributed by atoms with Gasteiger partial charge >= 0.3 is 0 Å². The van der Waals surface area contributed by atoms with E-state index in [1.54, 1.807) is 0 Å². The molecule has 1 heterocycles. The summed E-state index contributed by atoms with van der Waals surface area (Å²) < 4.78 is 5.54. The van der Waals surface area contributed by atoms with Gasteiger partial charge in [-0.05, 0) is 25.7 Å². The number of aliphatic hydroxyl groups is 1. The van der Waals surface area contributed by atoms with Crippen LogP contribution in [0.2, 0.25) is 0 Å². The Morgan fingerprint density at radius 2 is 2.13 bits per heavy atom. The van der Waals surface area contributed by atoms with Gasteiger partial charge in [-0.2, -0.15) is 0 Å². The Kier molecular flexibility index (Phi) is 5.58. The molecule has 1 rings (SSSR count). The lowest BCUT2D eigenvalue weighted by atomic mass is 9.83. The minimum Gasteiger partial charge on any atom is -0.396 e. The fourth-order valence-electron chi connectivity index (χ4n) is 2.08. The molecule has 0 aromatic heterocycles. The summed E-state index contributed by atoms with van der Waals surface area (Å²) in [7, 11) is 0. The number of hydrogen-bond donors (Lipinski definition) is 2. The molecule has 0 aromatic carbocycles. The van der Waals surface area contributed by atoms with Crippen LogP contribution in [0.25, 0.3) is 0 Å². The van der Waals surface area contributed by atoms with Crippen molar-refractivity contribution in [3.63, 3.8) is 0 Å². The van der Waals surface area contributed by atoms with Crippen LogP contribution in [0.4, 0.5) is 0 Å². The molecule has 2 N–H and O–H groups in total. The molecule has 0 saturated carbocycles. The SMILES string of the molecule is CCC(CC)(CO)CNCC1CCCO1. The first-order chi connectivity index (χ1) is 7.26. The molecule has 1 atom stereocenters. The van der Waals surface area contributed by atoms with E-state index in [0.717, 1.165) is 32.5 Å². The Morgan fingerprint density at radius 1 is 1.40 bits per heavy atom. The second-order valence-electron chi connectivity index (χ2n) is 4.63. The molecule has 0 radical (unpaired) electrons. The maximum atomic E-state index is 9.40. The fraction of sp³-hybridized carbons (Fsp3) is 1.00. The van der Waals surface area contributed by atoms with Gasteiger partial charge in [0, 0.05) is 31.7 Å². The predicted molar refractivity (Wildman–Crippen MR) is 61.9 cm³/mol. The summed E-state index contributed by atoms with van der Waals surface area (Å²) in [5.74, 6) is 0. The minimum absolute atomic E-state index is 0.0681. The molecule has 0 spiro atoms. The van der Waals surface area contributed by atoms with Gasteiger partial charge in [0.15, 0.2) is 0 Å². The van der Waals surface area contributed by atoms with Crippen LogP contribution >= 0.6 is 0 Å². The average molecular weight is 215 g/mol. The highest BCUT2D eigenvalue weighted by atomic mass is 16.5. The van der Waals surface area contributed by atoms with Crippen molar-refractivity contribution in [2.24, 2.45) is 5.41 Å². The molecule has 0 amide bonds. The van der Waals surface area contributed by atoms with E-state index < -0.39 is 0 Å². The quantitative estimate of drug-likeness (QED) is 0.677. The Hall–Kier alpha value is -0.120. The number of hydrogen-bond acceptors (Lipinski definition) is 3. The minimum atomic E-state index is 0.0681. The number of aliphatic hydroxyl groups excluding tert-OH is 1. The van der Waals surface area contributed by atoms with E-state index in [1.807, 2.05) is 0 Å². The first-order valence-corrected chi connectivity index (χ1v) is 6.19. The van der Waals surface area contributed by atoms with E-state index in [-0.39, 0.29) is 12.0 Å². The highest BCUT2D eigenvalue weighted by molar-refractivity contribution is 4.79. The highest BCUT2D eigenvalue weighted by Gasteiger charge is 2.25. The molecule has 3 heteroatoms. The van der Waals surface area contributed by atoms with Crippen molar-refractivity contribution in [3.05, 3.63) is 0 Å². The first kappa shape index (κ1) is 12.9. The zero-order chi connectivity index (χ0) is 11.1. The Morgan fingerprint density at radius 3 is 2.60 bits per heavy atom. The van der Waals surface area contributed by atoms with Crippen LogP contribution in [0, 0.1) is 5.41 Å². The zero-order valence-corrected chi connectivity index (χ0v) is 10.1. The molecule has 1 aliphatic rings. The summed E-state index contributed by atoms with van der Waals surface area (Å²) in [5.41, 5.74) is 0.0681. The van der Waals surface area contributed by atoms with Crippen molar-refractivity contribution in [3.8, 4) is 0 Å². The lowest BCUT2D eigenvalue weighted by molar-refractivity contribution is 0.0890. The monoisotopic (exact) mass is 215 g/mol. The first-order valence-electron chi connectivity index (χ1n) is 6.19. The Balaban J connectivity index is 2.21. The van der Waals surface area contributed by atoms with Gasteiger partial charge in [0.05, 0.1) is 6.10 Å². The Bertz CT molecular complexity index is 155. The number of rotatable bonds is 7. The van der Waals surface area contributed by atoms with Gasteiger partial charge in [0.2, 0.25) is 0 Å². The van der Waals surface area contributed by atoms with E-state index in [4.69, 9.17) is 4.74 Å².